The second-order valence-corrected chi connectivity index (χ2v) is 4.45. The maximum absolute atomic E-state index is 11.5. The van der Waals surface area contributed by atoms with E-state index in [1.165, 1.54) is 0 Å². The van der Waals surface area contributed by atoms with Gasteiger partial charge in [0.25, 0.3) is 0 Å². The first-order valence-corrected chi connectivity index (χ1v) is 5.70. The largest absolute Gasteiger partial charge is 0.463 e. The van der Waals surface area contributed by atoms with Crippen molar-refractivity contribution in [2.75, 3.05) is 13.2 Å². The first-order chi connectivity index (χ1) is 6.47. The predicted octanol–water partition coefficient (Wildman–Crippen LogP) is 1.27. The molecule has 0 saturated carbocycles. The van der Waals surface area contributed by atoms with Gasteiger partial charge in [-0.1, -0.05) is 6.92 Å². The van der Waals surface area contributed by atoms with Gasteiger partial charge >= 0.3 is 5.97 Å². The predicted molar refractivity (Wildman–Crippen MR) is 63.1 cm³/mol. The third-order valence-electron chi connectivity index (χ3n) is 2.23. The number of aliphatic hydroxyl groups excluding tert-OH is 1. The molecule has 4 nitrogen and oxygen atoms in total. The Morgan fingerprint density at radius 2 is 2.21 bits per heavy atom. The average molecular weight is 315 g/mol. The zero-order chi connectivity index (χ0) is 11.2. The van der Waals surface area contributed by atoms with Gasteiger partial charge in [-0.05, 0) is 20.3 Å². The van der Waals surface area contributed by atoms with Crippen molar-refractivity contribution < 1.29 is 14.6 Å². The summed E-state index contributed by atoms with van der Waals surface area (Å²) in [5, 5.41) is 8.84. The number of hydrogen-bond acceptors (Lipinski definition) is 4. The molecule has 14 heavy (non-hydrogen) atoms. The van der Waals surface area contributed by atoms with Crippen molar-refractivity contribution in [1.29, 1.82) is 0 Å². The summed E-state index contributed by atoms with van der Waals surface area (Å²) >= 11 is 1.93. The maximum atomic E-state index is 11.5. The first-order valence-electron chi connectivity index (χ1n) is 4.62. The third kappa shape index (κ3) is 4.56. The summed E-state index contributed by atoms with van der Waals surface area (Å²) < 4.78 is 7.89. The molecular weight excluding hydrogens is 297 g/mol. The van der Waals surface area contributed by atoms with Crippen LogP contribution in [0.1, 0.15) is 27.2 Å². The highest BCUT2D eigenvalue weighted by Gasteiger charge is 2.27. The topological polar surface area (TPSA) is 58.6 Å². The maximum Gasteiger partial charge on any atom is 0.311 e. The van der Waals surface area contributed by atoms with Gasteiger partial charge in [0.05, 0.1) is 18.1 Å². The van der Waals surface area contributed by atoms with Crippen molar-refractivity contribution in [3.8, 4) is 0 Å². The summed E-state index contributed by atoms with van der Waals surface area (Å²) in [7, 11) is 0. The quantitative estimate of drug-likeness (QED) is 0.440. The molecule has 0 bridgehead atoms. The van der Waals surface area contributed by atoms with E-state index in [-0.39, 0.29) is 25.2 Å². The molecule has 0 amide bonds. The summed E-state index contributed by atoms with van der Waals surface area (Å²) in [6, 6.07) is -0.188. The first kappa shape index (κ1) is 14.1. The Morgan fingerprint density at radius 3 is 2.57 bits per heavy atom. The fourth-order valence-electron chi connectivity index (χ4n) is 0.635. The minimum Gasteiger partial charge on any atom is -0.463 e. The summed E-state index contributed by atoms with van der Waals surface area (Å²) in [4.78, 5) is 11.5. The fourth-order valence-corrected chi connectivity index (χ4v) is 1.01. The zero-order valence-corrected chi connectivity index (χ0v) is 11.0. The second kappa shape index (κ2) is 6.58. The third-order valence-corrected chi connectivity index (χ3v) is 3.11. The van der Waals surface area contributed by atoms with Crippen LogP contribution in [0.2, 0.25) is 0 Å². The van der Waals surface area contributed by atoms with Crippen LogP contribution < -0.4 is 3.53 Å². The SMILES string of the molecule is CCC(C)(C)C(=O)OCC(CO)NI. The van der Waals surface area contributed by atoms with Crippen LogP contribution in [-0.4, -0.2) is 30.3 Å². The molecule has 2 N–H and O–H groups in total. The van der Waals surface area contributed by atoms with E-state index >= 15 is 0 Å². The van der Waals surface area contributed by atoms with E-state index in [9.17, 15) is 4.79 Å². The molecule has 0 radical (unpaired) electrons. The smallest absolute Gasteiger partial charge is 0.311 e. The Bertz CT molecular complexity index is 181. The van der Waals surface area contributed by atoms with Gasteiger partial charge in [0.2, 0.25) is 0 Å². The average Bonchev–Trinajstić information content (AvgIpc) is 2.19. The minimum absolute atomic E-state index is 0.0389. The number of ether oxygens (including phenoxy) is 1. The number of hydrogen-bond donors (Lipinski definition) is 2. The second-order valence-electron chi connectivity index (χ2n) is 3.82. The van der Waals surface area contributed by atoms with Crippen molar-refractivity contribution in [3.05, 3.63) is 0 Å². The van der Waals surface area contributed by atoms with Crippen LogP contribution in [0.3, 0.4) is 0 Å². The van der Waals surface area contributed by atoms with Crippen LogP contribution in [-0.2, 0) is 9.53 Å². The van der Waals surface area contributed by atoms with Crippen LogP contribution in [0.25, 0.3) is 0 Å². The van der Waals surface area contributed by atoms with E-state index in [1.807, 2.05) is 43.6 Å². The van der Waals surface area contributed by atoms with Gasteiger partial charge in [0.1, 0.15) is 6.61 Å². The Labute approximate surface area is 98.9 Å². The van der Waals surface area contributed by atoms with E-state index in [4.69, 9.17) is 9.84 Å². The molecule has 1 unspecified atom stereocenters. The molecular formula is C9H18INO3. The highest BCUT2D eigenvalue weighted by molar-refractivity contribution is 14.1. The van der Waals surface area contributed by atoms with Gasteiger partial charge in [-0.3, -0.25) is 8.32 Å². The molecule has 0 aromatic carbocycles. The Balaban J connectivity index is 3.95. The van der Waals surface area contributed by atoms with Gasteiger partial charge in [-0.15, -0.1) is 0 Å². The van der Waals surface area contributed by atoms with E-state index in [0.717, 1.165) is 6.42 Å². The molecule has 84 valence electrons. The number of carbonyl (C=O) groups excluding carboxylic acids is 1. The molecule has 0 spiro atoms. The van der Waals surface area contributed by atoms with E-state index < -0.39 is 5.41 Å². The van der Waals surface area contributed by atoms with Gasteiger partial charge in [-0.2, -0.15) is 0 Å². The Morgan fingerprint density at radius 1 is 1.64 bits per heavy atom. The normalized spacial score (nSPS) is 13.8. The lowest BCUT2D eigenvalue weighted by Gasteiger charge is -2.21. The van der Waals surface area contributed by atoms with E-state index in [0.29, 0.717) is 0 Å². The van der Waals surface area contributed by atoms with Gasteiger partial charge in [0.15, 0.2) is 0 Å². The van der Waals surface area contributed by atoms with Crippen LogP contribution in [0, 0.1) is 5.41 Å². The van der Waals surface area contributed by atoms with Crippen LogP contribution in [0.5, 0.6) is 0 Å². The summed E-state index contributed by atoms with van der Waals surface area (Å²) in [6.07, 6.45) is 0.743. The van der Waals surface area contributed by atoms with Crippen LogP contribution in [0.4, 0.5) is 0 Å². The molecule has 0 aliphatic heterocycles. The lowest BCUT2D eigenvalue weighted by molar-refractivity contribution is -0.154. The lowest BCUT2D eigenvalue weighted by atomic mass is 9.91. The molecule has 0 heterocycles. The number of esters is 1. The minimum atomic E-state index is -0.439. The summed E-state index contributed by atoms with van der Waals surface area (Å²) in [5.74, 6) is -0.217. The van der Waals surface area contributed by atoms with Gasteiger partial charge in [-0.25, -0.2) is 0 Å². The number of carbonyl (C=O) groups is 1. The van der Waals surface area contributed by atoms with E-state index in [1.54, 1.807) is 0 Å². The van der Waals surface area contributed by atoms with Gasteiger partial charge in [0, 0.05) is 22.9 Å². The van der Waals surface area contributed by atoms with Crippen molar-refractivity contribution in [2.45, 2.75) is 33.2 Å². The summed E-state index contributed by atoms with van der Waals surface area (Å²) in [6.45, 7) is 5.81. The number of rotatable bonds is 6. The van der Waals surface area contributed by atoms with Crippen molar-refractivity contribution >= 4 is 28.8 Å². The number of nitrogens with one attached hydrogen (secondary N) is 1. The van der Waals surface area contributed by atoms with Crippen LogP contribution >= 0.6 is 22.9 Å². The van der Waals surface area contributed by atoms with Gasteiger partial charge < -0.3 is 9.84 Å². The van der Waals surface area contributed by atoms with E-state index in [2.05, 4.69) is 3.53 Å². The fraction of sp³-hybridized carbons (Fsp3) is 0.889. The molecule has 5 heteroatoms. The molecule has 0 aromatic rings. The Kier molecular flexibility index (Phi) is 6.63. The molecule has 0 aromatic heterocycles. The number of halogens is 1. The lowest BCUT2D eigenvalue weighted by Crippen LogP contribution is -2.34. The summed E-state index contributed by atoms with van der Waals surface area (Å²) in [5.41, 5.74) is -0.439. The monoisotopic (exact) mass is 315 g/mol. The van der Waals surface area contributed by atoms with Crippen molar-refractivity contribution in [2.24, 2.45) is 5.41 Å². The highest BCUT2D eigenvalue weighted by atomic mass is 127. The van der Waals surface area contributed by atoms with Crippen molar-refractivity contribution in [1.82, 2.24) is 3.53 Å². The van der Waals surface area contributed by atoms with Crippen molar-refractivity contribution in [3.63, 3.8) is 0 Å². The molecule has 0 saturated heterocycles. The number of aliphatic hydroxyl groups is 1. The molecule has 1 atom stereocenters. The molecule has 0 fully saturated rings. The molecule has 0 aliphatic rings. The molecule has 0 rings (SSSR count). The molecule has 0 aliphatic carbocycles. The zero-order valence-electron chi connectivity index (χ0n) is 8.84. The van der Waals surface area contributed by atoms with Crippen LogP contribution in [0.15, 0.2) is 0 Å². The highest BCUT2D eigenvalue weighted by Crippen LogP contribution is 2.21. The Hall–Kier alpha value is 0.120. The standard InChI is InChI=1S/C9H18INO3/c1-4-9(2,3)8(13)14-6-7(5-12)11-10/h7,11-12H,4-6H2,1-3H3.